The lowest BCUT2D eigenvalue weighted by atomic mass is 9.63. The minimum absolute atomic E-state index is 0.792. The molecule has 0 aliphatic carbocycles. The molecule has 0 aliphatic heterocycles. The molecule has 64 valence electrons. The summed E-state index contributed by atoms with van der Waals surface area (Å²) in [5.41, 5.74) is 0. The van der Waals surface area contributed by atoms with E-state index in [1.54, 1.807) is 0 Å². The molecule has 0 radical (unpaired) electrons. The van der Waals surface area contributed by atoms with Crippen LogP contribution in [0.15, 0.2) is 24.0 Å². The van der Waals surface area contributed by atoms with E-state index in [0.717, 1.165) is 20.4 Å². The highest BCUT2D eigenvalue weighted by atomic mass is 13.9. The van der Waals surface area contributed by atoms with Gasteiger partial charge in [0, 0.05) is 0 Å². The summed E-state index contributed by atoms with van der Waals surface area (Å²) in [7, 11) is 3.52. The fourth-order valence-corrected chi connectivity index (χ4v) is 1.17. The summed E-state index contributed by atoms with van der Waals surface area (Å²) < 4.78 is 0. The SMILES string of the molecule is CBC=CBC=CC(BC)CC. The van der Waals surface area contributed by atoms with Gasteiger partial charge in [0.05, 0.1) is 0 Å². The first kappa shape index (κ1) is 11.7. The van der Waals surface area contributed by atoms with Crippen molar-refractivity contribution in [1.29, 1.82) is 0 Å². The summed E-state index contributed by atoms with van der Waals surface area (Å²) in [5, 5.41) is 0. The van der Waals surface area contributed by atoms with Crippen LogP contribution in [0.1, 0.15) is 13.3 Å². The molecular weight excluding hydrogens is 141 g/mol. The second-order valence-electron chi connectivity index (χ2n) is 3.12. The van der Waals surface area contributed by atoms with Gasteiger partial charge in [0.25, 0.3) is 0 Å². The van der Waals surface area contributed by atoms with Crippen LogP contribution < -0.4 is 0 Å². The van der Waals surface area contributed by atoms with E-state index >= 15 is 0 Å². The molecule has 0 spiro atoms. The average molecular weight is 160 g/mol. The topological polar surface area (TPSA) is 0 Å². The largest absolute Gasteiger partial charge is 0.171 e. The molecule has 0 saturated heterocycles. The van der Waals surface area contributed by atoms with Crippen molar-refractivity contribution in [2.45, 2.75) is 32.8 Å². The zero-order valence-electron chi connectivity index (χ0n) is 8.72. The molecule has 0 aromatic rings. The fourth-order valence-electron chi connectivity index (χ4n) is 1.17. The van der Waals surface area contributed by atoms with Crippen molar-refractivity contribution in [3.05, 3.63) is 24.0 Å². The maximum absolute atomic E-state index is 2.35. The van der Waals surface area contributed by atoms with Crippen molar-refractivity contribution >= 4 is 21.8 Å². The quantitative estimate of drug-likeness (QED) is 0.517. The molecule has 0 saturated carbocycles. The lowest BCUT2D eigenvalue weighted by molar-refractivity contribution is 0.944. The Morgan fingerprint density at radius 3 is 2.42 bits per heavy atom. The molecule has 0 aromatic heterocycles. The number of hydrogen-bond acceptors (Lipinski definition) is 0. The van der Waals surface area contributed by atoms with Gasteiger partial charge in [-0.1, -0.05) is 27.0 Å². The Hall–Kier alpha value is -0.325. The maximum Gasteiger partial charge on any atom is 0.171 e. The summed E-state index contributed by atoms with van der Waals surface area (Å²) >= 11 is 0. The van der Waals surface area contributed by atoms with E-state index in [4.69, 9.17) is 0 Å². The van der Waals surface area contributed by atoms with Gasteiger partial charge in [0.15, 0.2) is 7.28 Å². The Kier molecular flexibility index (Phi) is 8.53. The van der Waals surface area contributed by atoms with E-state index in [2.05, 4.69) is 44.6 Å². The highest BCUT2D eigenvalue weighted by molar-refractivity contribution is 6.52. The Balaban J connectivity index is 3.52. The molecular formula is C9H19B3. The number of allylic oxidation sites excluding steroid dienone is 1. The van der Waals surface area contributed by atoms with Crippen LogP contribution in [0, 0.1) is 0 Å². The van der Waals surface area contributed by atoms with E-state index in [9.17, 15) is 0 Å². The Labute approximate surface area is 79.2 Å². The number of hydrogen-bond donors (Lipinski definition) is 0. The van der Waals surface area contributed by atoms with E-state index in [1.165, 1.54) is 13.7 Å². The zero-order chi connectivity index (χ0) is 9.23. The Morgan fingerprint density at radius 1 is 1.17 bits per heavy atom. The monoisotopic (exact) mass is 160 g/mol. The lowest BCUT2D eigenvalue weighted by Crippen LogP contribution is -1.94. The molecule has 0 aliphatic rings. The normalized spacial score (nSPS) is 13.6. The molecule has 3 heteroatoms. The van der Waals surface area contributed by atoms with Crippen molar-refractivity contribution in [2.75, 3.05) is 0 Å². The van der Waals surface area contributed by atoms with Crippen LogP contribution in [-0.4, -0.2) is 21.8 Å². The molecule has 0 aromatic carbocycles. The smallest absolute Gasteiger partial charge is 0.132 e. The maximum atomic E-state index is 2.35. The summed E-state index contributed by atoms with van der Waals surface area (Å²) in [6.07, 6.45) is 3.62. The van der Waals surface area contributed by atoms with Crippen molar-refractivity contribution in [3.8, 4) is 0 Å². The van der Waals surface area contributed by atoms with Crippen LogP contribution in [0.4, 0.5) is 0 Å². The van der Waals surface area contributed by atoms with Crippen molar-refractivity contribution < 1.29 is 0 Å². The van der Waals surface area contributed by atoms with E-state index in [-0.39, 0.29) is 0 Å². The van der Waals surface area contributed by atoms with Gasteiger partial charge in [-0.05, 0) is 5.82 Å². The first-order valence-electron chi connectivity index (χ1n) is 5.16. The van der Waals surface area contributed by atoms with Crippen LogP contribution in [0.5, 0.6) is 0 Å². The predicted molar refractivity (Wildman–Crippen MR) is 65.5 cm³/mol. The van der Waals surface area contributed by atoms with Gasteiger partial charge in [0.1, 0.15) is 14.6 Å². The first-order chi connectivity index (χ1) is 5.85. The zero-order valence-corrected chi connectivity index (χ0v) is 8.72. The summed E-state index contributed by atoms with van der Waals surface area (Å²) in [5.74, 6) is 7.53. The van der Waals surface area contributed by atoms with Crippen LogP contribution >= 0.6 is 0 Å². The third-order valence-electron chi connectivity index (χ3n) is 2.13. The number of rotatable bonds is 6. The third-order valence-corrected chi connectivity index (χ3v) is 2.13. The highest BCUT2D eigenvalue weighted by Gasteiger charge is 1.96. The molecule has 0 amide bonds. The van der Waals surface area contributed by atoms with Gasteiger partial charge in [-0.2, -0.15) is 0 Å². The van der Waals surface area contributed by atoms with E-state index < -0.39 is 0 Å². The molecule has 0 rings (SSSR count). The molecule has 0 fully saturated rings. The van der Waals surface area contributed by atoms with E-state index in [0.29, 0.717) is 0 Å². The molecule has 1 unspecified atom stereocenters. The third kappa shape index (κ3) is 6.39. The standard InChI is InChI=1S/C9H19B3/c1-4-9(11-3)5-6-12-8-7-10-2/h5-12H,4H2,1-3H3. The van der Waals surface area contributed by atoms with Crippen LogP contribution in [0.3, 0.4) is 0 Å². The van der Waals surface area contributed by atoms with Crippen molar-refractivity contribution in [2.24, 2.45) is 0 Å². The van der Waals surface area contributed by atoms with E-state index in [1.807, 2.05) is 0 Å². The molecule has 0 heterocycles. The van der Waals surface area contributed by atoms with Gasteiger partial charge in [-0.25, -0.2) is 0 Å². The second kappa shape index (κ2) is 8.77. The van der Waals surface area contributed by atoms with Crippen LogP contribution in [0.25, 0.3) is 0 Å². The van der Waals surface area contributed by atoms with Gasteiger partial charge in [-0.15, -0.1) is 24.0 Å². The minimum Gasteiger partial charge on any atom is -0.132 e. The molecule has 0 nitrogen and oxygen atoms in total. The molecule has 0 N–H and O–H groups in total. The second-order valence-corrected chi connectivity index (χ2v) is 3.12. The lowest BCUT2D eigenvalue weighted by Gasteiger charge is -2.02. The summed E-state index contributed by atoms with van der Waals surface area (Å²) in [4.78, 5) is 0. The minimum atomic E-state index is 0.792. The molecule has 0 bridgehead atoms. The van der Waals surface area contributed by atoms with Crippen LogP contribution in [-0.2, 0) is 0 Å². The van der Waals surface area contributed by atoms with Crippen LogP contribution in [0.2, 0.25) is 19.5 Å². The highest BCUT2D eigenvalue weighted by Crippen LogP contribution is 2.08. The molecule has 12 heavy (non-hydrogen) atoms. The summed E-state index contributed by atoms with van der Waals surface area (Å²) in [6, 6.07) is 0. The Bertz CT molecular complexity index is 137. The van der Waals surface area contributed by atoms with Gasteiger partial charge < -0.3 is 0 Å². The average Bonchev–Trinajstić information content (AvgIpc) is 2.11. The van der Waals surface area contributed by atoms with Crippen molar-refractivity contribution in [3.63, 3.8) is 0 Å². The van der Waals surface area contributed by atoms with Gasteiger partial charge >= 0.3 is 0 Å². The molecule has 1 atom stereocenters. The van der Waals surface area contributed by atoms with Crippen molar-refractivity contribution in [1.82, 2.24) is 0 Å². The summed E-state index contributed by atoms with van der Waals surface area (Å²) in [6.45, 7) is 6.67. The fraction of sp³-hybridized carbons (Fsp3) is 0.556. The predicted octanol–water partition coefficient (Wildman–Crippen LogP) is 1.58. The first-order valence-corrected chi connectivity index (χ1v) is 5.16. The Morgan fingerprint density at radius 2 is 1.92 bits per heavy atom. The van der Waals surface area contributed by atoms with Gasteiger partial charge in [-0.3, -0.25) is 0 Å². The van der Waals surface area contributed by atoms with Gasteiger partial charge in [0.2, 0.25) is 0 Å².